The zero-order valence-corrected chi connectivity index (χ0v) is 48.2. The van der Waals surface area contributed by atoms with E-state index in [1.807, 2.05) is 76.0 Å². The van der Waals surface area contributed by atoms with Crippen molar-refractivity contribution in [2.45, 2.75) is 105 Å². The molecule has 0 N–H and O–H groups in total. The predicted molar refractivity (Wildman–Crippen MR) is 338 cm³/mol. The first-order valence-electron chi connectivity index (χ1n) is 31.9. The van der Waals surface area contributed by atoms with E-state index in [0.29, 0.717) is 45.0 Å². The van der Waals surface area contributed by atoms with E-state index in [0.717, 1.165) is 66.6 Å². The number of pyridine rings is 1. The molecule has 5 nitrogen and oxygen atoms in total. The first kappa shape index (κ1) is 43.1. The molecule has 400 valence electrons. The summed E-state index contributed by atoms with van der Waals surface area (Å²) in [7, 11) is 0. The number of imidazole rings is 1. The van der Waals surface area contributed by atoms with Gasteiger partial charge in [-0.2, -0.15) is 0 Å². The van der Waals surface area contributed by atoms with Crippen LogP contribution in [0.5, 0.6) is 11.5 Å². The summed E-state index contributed by atoms with van der Waals surface area (Å²) in [5, 5.41) is 2.15. The van der Waals surface area contributed by atoms with Gasteiger partial charge in [0.15, 0.2) is 0 Å². The van der Waals surface area contributed by atoms with Crippen LogP contribution in [0.15, 0.2) is 206 Å². The molecule has 0 saturated carbocycles. The molecular formula is C76H70N4O. The van der Waals surface area contributed by atoms with E-state index in [9.17, 15) is 11.0 Å². The van der Waals surface area contributed by atoms with Crippen LogP contribution in [-0.4, -0.2) is 14.1 Å². The van der Waals surface area contributed by atoms with E-state index in [1.165, 1.54) is 5.56 Å². The molecular weight excluding hydrogens is 985 g/mol. The van der Waals surface area contributed by atoms with Crippen LogP contribution in [-0.2, 0) is 21.7 Å². The topological polar surface area (TPSA) is 35.9 Å². The van der Waals surface area contributed by atoms with Gasteiger partial charge in [0.2, 0.25) is 0 Å². The molecule has 1 aliphatic heterocycles. The van der Waals surface area contributed by atoms with E-state index in [2.05, 4.69) is 185 Å². The predicted octanol–water partition coefficient (Wildman–Crippen LogP) is 19.8. The highest BCUT2D eigenvalue weighted by atomic mass is 16.5. The van der Waals surface area contributed by atoms with Gasteiger partial charge in [-0.25, -0.2) is 4.98 Å². The molecule has 0 aliphatic carbocycles. The van der Waals surface area contributed by atoms with Crippen LogP contribution >= 0.6 is 0 Å². The summed E-state index contributed by atoms with van der Waals surface area (Å²) < 4.78 is 90.0. The van der Waals surface area contributed by atoms with Crippen LogP contribution in [0, 0.1) is 6.33 Å². The average molecular weight is 1060 g/mol. The lowest BCUT2D eigenvalue weighted by molar-refractivity contribution is -0.570. The summed E-state index contributed by atoms with van der Waals surface area (Å²) in [6.45, 7) is 26.3. The van der Waals surface area contributed by atoms with E-state index >= 15 is 0 Å². The fraction of sp³-hybridized carbons (Fsp3) is 0.211. The second kappa shape index (κ2) is 18.9. The largest absolute Gasteiger partial charge is 0.458 e. The fourth-order valence-electron chi connectivity index (χ4n) is 11.5. The Labute approximate surface area is 489 Å². The third-order valence-electron chi connectivity index (χ3n) is 16.0. The van der Waals surface area contributed by atoms with Crippen molar-refractivity contribution in [1.82, 2.24) is 14.1 Å². The molecule has 0 spiro atoms. The van der Waals surface area contributed by atoms with Gasteiger partial charge in [0.05, 0.1) is 44.4 Å². The molecule has 0 amide bonds. The Morgan fingerprint density at radius 1 is 0.432 bits per heavy atom. The molecule has 0 unspecified atom stereocenters. The first-order valence-corrected chi connectivity index (χ1v) is 27.9. The Balaban J connectivity index is 1.14. The normalized spacial score (nSPS) is 14.1. The number of hydrogen-bond acceptors (Lipinski definition) is 2. The molecule has 0 fully saturated rings. The lowest BCUT2D eigenvalue weighted by Crippen LogP contribution is -2.32. The Morgan fingerprint density at radius 2 is 1.01 bits per heavy atom. The number of ether oxygens (including phenoxy) is 1. The lowest BCUT2D eigenvalue weighted by Gasteiger charge is -2.26. The monoisotopic (exact) mass is 1060 g/mol. The minimum Gasteiger partial charge on any atom is -0.458 e. The highest BCUT2D eigenvalue weighted by Gasteiger charge is 2.29. The van der Waals surface area contributed by atoms with Gasteiger partial charge >= 0.3 is 0 Å². The maximum atomic E-state index is 10.1. The summed E-state index contributed by atoms with van der Waals surface area (Å²) in [5.74, 6) is 1.94. The minimum atomic E-state index is -0.528. The third kappa shape index (κ3) is 9.13. The number of nitrogens with zero attached hydrogens (tertiary/aromatic N) is 4. The molecule has 5 heteroatoms. The molecule has 0 radical (unpaired) electrons. The van der Waals surface area contributed by atoms with Crippen LogP contribution in [0.1, 0.15) is 116 Å². The summed E-state index contributed by atoms with van der Waals surface area (Å²) in [5.41, 5.74) is 12.2. The van der Waals surface area contributed by atoms with Gasteiger partial charge in [-0.05, 0) is 154 Å². The van der Waals surface area contributed by atoms with Gasteiger partial charge in [0, 0.05) is 23.0 Å². The van der Waals surface area contributed by atoms with E-state index in [4.69, 9.17) is 9.72 Å². The number of rotatable bonds is 6. The highest BCUT2D eigenvalue weighted by Crippen LogP contribution is 2.47. The van der Waals surface area contributed by atoms with Crippen molar-refractivity contribution in [2.24, 2.45) is 0 Å². The smallest absolute Gasteiger partial charge is 0.269 e. The molecule has 9 aromatic carbocycles. The number of benzene rings is 9. The second-order valence-corrected chi connectivity index (χ2v) is 25.8. The highest BCUT2D eigenvalue weighted by molar-refractivity contribution is 6.09. The molecule has 1 aliphatic rings. The molecule has 3 aromatic heterocycles. The van der Waals surface area contributed by atoms with Gasteiger partial charge in [0.25, 0.3) is 6.33 Å². The maximum Gasteiger partial charge on any atom is 0.269 e. The Morgan fingerprint density at radius 3 is 1.68 bits per heavy atom. The molecule has 4 heterocycles. The zero-order chi connectivity index (χ0) is 63.3. The van der Waals surface area contributed by atoms with E-state index < -0.39 is 36.3 Å². The second-order valence-electron chi connectivity index (χ2n) is 25.8. The summed E-state index contributed by atoms with van der Waals surface area (Å²) in [6.07, 6.45) is 5.71. The van der Waals surface area contributed by atoms with Crippen LogP contribution < -0.4 is 9.30 Å². The SMILES string of the molecule is [2H]c1c([2H])c([2H])c2c(c1[2H])-c1cccc(-c3ccc(C(C)(C)C)cc3)c1-[n+]1[c-]n(-c3cccc(Oc4ccc5c6ccccc6n(-c6cc(C(C)(C)C)ccn6)c5c4)c3)c3cc(-c4cc(C(C)(C)C)cc(C(C)(C)C)c4)cc(c31)-c1c([2H])c([2H])c([2H])c([2H])c1-2. The summed E-state index contributed by atoms with van der Waals surface area (Å²) in [6, 6.07) is 47.9. The number of fused-ring (bicyclic) bond motifs is 10. The van der Waals surface area contributed by atoms with Crippen molar-refractivity contribution in [1.29, 1.82) is 0 Å². The van der Waals surface area contributed by atoms with Gasteiger partial charge in [0.1, 0.15) is 17.3 Å². The van der Waals surface area contributed by atoms with E-state index in [1.54, 1.807) is 0 Å². The van der Waals surface area contributed by atoms with Crippen molar-refractivity contribution in [3.63, 3.8) is 0 Å². The van der Waals surface area contributed by atoms with Crippen molar-refractivity contribution in [3.8, 4) is 84.3 Å². The number of para-hydroxylation sites is 2. The minimum absolute atomic E-state index is 0.0282. The maximum absolute atomic E-state index is 10.1. The standard InChI is InChI=1S/C76H70N4O/c1-73(2,3)51-33-31-48(32-34-51)58-28-20-29-65-61-25-15-13-23-59(61)60-24-14-16-26-62(60)66-41-50(49-39-53(75(7,8)9)43-54(40-49)76(10,11)12)42-69-72(66)79(71(58)65)47-78(69)55-21-19-22-56(45-55)81-57-35-36-64-63-27-17-18-30-67(63)80(68(64)46-57)70-44-52(37-38-77-70)74(4,5)6/h13-46H,1-12H3/i13D,14D,15D,16D,23D,24D,25D,26D. The fourth-order valence-corrected chi connectivity index (χ4v) is 11.5. The van der Waals surface area contributed by atoms with Crippen LogP contribution in [0.3, 0.4) is 0 Å². The Bertz CT molecular complexity index is 4920. The molecule has 13 rings (SSSR count). The first-order chi connectivity index (χ1) is 42.0. The van der Waals surface area contributed by atoms with Gasteiger partial charge < -0.3 is 4.74 Å². The summed E-state index contributed by atoms with van der Waals surface area (Å²) in [4.78, 5) is 4.92. The van der Waals surface area contributed by atoms with Crippen molar-refractivity contribution in [2.75, 3.05) is 0 Å². The Kier molecular flexibility index (Phi) is 10.1. The van der Waals surface area contributed by atoms with Crippen molar-refractivity contribution < 1.29 is 20.3 Å². The quantitative estimate of drug-likeness (QED) is 0.123. The van der Waals surface area contributed by atoms with Gasteiger partial charge in [-0.15, -0.1) is 0 Å². The van der Waals surface area contributed by atoms with Gasteiger partial charge in [-0.3, -0.25) is 13.7 Å². The molecule has 0 saturated heterocycles. The average Bonchev–Trinajstić information content (AvgIpc) is 1.63. The molecule has 81 heavy (non-hydrogen) atoms. The van der Waals surface area contributed by atoms with Crippen LogP contribution in [0.25, 0.3) is 106 Å². The van der Waals surface area contributed by atoms with Crippen LogP contribution in [0.4, 0.5) is 0 Å². The van der Waals surface area contributed by atoms with Crippen molar-refractivity contribution in [3.05, 3.63) is 235 Å². The molecule has 0 atom stereocenters. The van der Waals surface area contributed by atoms with Crippen LogP contribution in [0.2, 0.25) is 0 Å². The molecule has 12 aromatic rings. The summed E-state index contributed by atoms with van der Waals surface area (Å²) >= 11 is 0. The molecule has 0 bridgehead atoms. The lowest BCUT2D eigenvalue weighted by atomic mass is 9.78. The van der Waals surface area contributed by atoms with E-state index in [-0.39, 0.29) is 56.0 Å². The Hall–Kier alpha value is -8.80. The zero-order valence-electron chi connectivity index (χ0n) is 56.2. The van der Waals surface area contributed by atoms with Crippen molar-refractivity contribution >= 4 is 32.8 Å². The third-order valence-corrected chi connectivity index (χ3v) is 16.0. The number of hydrogen-bond donors (Lipinski definition) is 0. The number of aromatic nitrogens is 4. The van der Waals surface area contributed by atoms with Gasteiger partial charge in [-0.1, -0.05) is 222 Å².